The number of hydrogen-bond donors (Lipinski definition) is 2. The Morgan fingerprint density at radius 1 is 0.852 bits per heavy atom. The molecule has 0 spiro atoms. The van der Waals surface area contributed by atoms with Gasteiger partial charge in [-0.3, -0.25) is 9.59 Å². The number of halogens is 1. The predicted octanol–water partition coefficient (Wildman–Crippen LogP) is 3.02. The minimum atomic E-state index is -0.369. The normalized spacial score (nSPS) is 13.9. The molecule has 0 saturated carbocycles. The summed E-state index contributed by atoms with van der Waals surface area (Å²) in [6, 6.07) is 13.1. The van der Waals surface area contributed by atoms with Gasteiger partial charge in [0.1, 0.15) is 5.82 Å². The molecule has 2 aromatic rings. The van der Waals surface area contributed by atoms with Crippen LogP contribution in [-0.4, -0.2) is 38.1 Å². The van der Waals surface area contributed by atoms with E-state index in [9.17, 15) is 14.0 Å². The minimum absolute atomic E-state index is 0.0507. The third-order valence-corrected chi connectivity index (χ3v) is 4.23. The van der Waals surface area contributed by atoms with Crippen molar-refractivity contribution in [3.05, 3.63) is 54.3 Å². The molecule has 3 rings (SSSR count). The zero-order chi connectivity index (χ0) is 19.1. The second-order valence-electron chi connectivity index (χ2n) is 6.25. The summed E-state index contributed by atoms with van der Waals surface area (Å²) in [5.74, 6) is -0.894. The summed E-state index contributed by atoms with van der Waals surface area (Å²) < 4.78 is 18.2. The van der Waals surface area contributed by atoms with Gasteiger partial charge in [0, 0.05) is 43.0 Å². The molecule has 0 radical (unpaired) electrons. The van der Waals surface area contributed by atoms with Crippen molar-refractivity contribution in [3.8, 4) is 0 Å². The number of carbonyl (C=O) groups excluding carboxylic acids is 2. The molecule has 2 amide bonds. The SMILES string of the molecule is O=C(CCC(=O)Nc1ccc(N2CCOCC2)cc1)Nc1ccc(F)cc1. The summed E-state index contributed by atoms with van der Waals surface area (Å²) in [5.41, 5.74) is 2.28. The third kappa shape index (κ3) is 5.79. The summed E-state index contributed by atoms with van der Waals surface area (Å²) in [6.07, 6.45) is 0.118. The molecule has 6 nitrogen and oxygen atoms in total. The van der Waals surface area contributed by atoms with Gasteiger partial charge in [-0.15, -0.1) is 0 Å². The lowest BCUT2D eigenvalue weighted by atomic mass is 10.2. The highest BCUT2D eigenvalue weighted by atomic mass is 19.1. The highest BCUT2D eigenvalue weighted by Gasteiger charge is 2.12. The first kappa shape index (κ1) is 18.8. The molecule has 1 aliphatic rings. The van der Waals surface area contributed by atoms with Crippen LogP contribution in [0.5, 0.6) is 0 Å². The van der Waals surface area contributed by atoms with Crippen molar-refractivity contribution < 1.29 is 18.7 Å². The number of hydrogen-bond acceptors (Lipinski definition) is 4. The average molecular weight is 371 g/mol. The third-order valence-electron chi connectivity index (χ3n) is 4.23. The van der Waals surface area contributed by atoms with Crippen molar-refractivity contribution in [2.75, 3.05) is 41.8 Å². The number of nitrogens with zero attached hydrogens (tertiary/aromatic N) is 1. The summed E-state index contributed by atoms with van der Waals surface area (Å²) in [6.45, 7) is 3.15. The van der Waals surface area contributed by atoms with Crippen molar-refractivity contribution in [3.63, 3.8) is 0 Å². The summed E-state index contributed by atoms with van der Waals surface area (Å²) in [7, 11) is 0. The molecule has 0 aliphatic carbocycles. The largest absolute Gasteiger partial charge is 0.378 e. The maximum atomic E-state index is 12.8. The second kappa shape index (κ2) is 9.14. The van der Waals surface area contributed by atoms with E-state index in [2.05, 4.69) is 15.5 Å². The molecule has 7 heteroatoms. The van der Waals surface area contributed by atoms with E-state index in [0.29, 0.717) is 11.4 Å². The molecule has 0 unspecified atom stereocenters. The molecule has 2 N–H and O–H groups in total. The Morgan fingerprint density at radius 3 is 1.85 bits per heavy atom. The standard InChI is InChI=1S/C20H22FN3O3/c21-15-1-3-16(4-2-15)22-19(25)9-10-20(26)23-17-5-7-18(8-6-17)24-11-13-27-14-12-24/h1-8H,9-14H2,(H,22,25)(H,23,26). The Balaban J connectivity index is 1.43. The van der Waals surface area contributed by atoms with Crippen LogP contribution in [0.15, 0.2) is 48.5 Å². The quantitative estimate of drug-likeness (QED) is 0.819. The smallest absolute Gasteiger partial charge is 0.224 e. The van der Waals surface area contributed by atoms with Crippen LogP contribution in [0.3, 0.4) is 0 Å². The fourth-order valence-corrected chi connectivity index (χ4v) is 2.78. The van der Waals surface area contributed by atoms with E-state index < -0.39 is 0 Å². The fraction of sp³-hybridized carbons (Fsp3) is 0.300. The maximum Gasteiger partial charge on any atom is 0.224 e. The van der Waals surface area contributed by atoms with Gasteiger partial charge in [0.05, 0.1) is 13.2 Å². The van der Waals surface area contributed by atoms with Crippen LogP contribution >= 0.6 is 0 Å². The molecular formula is C20H22FN3O3. The van der Waals surface area contributed by atoms with Gasteiger partial charge in [0.15, 0.2) is 0 Å². The van der Waals surface area contributed by atoms with E-state index in [1.807, 2.05) is 24.3 Å². The van der Waals surface area contributed by atoms with Gasteiger partial charge in [0.2, 0.25) is 11.8 Å². The Labute approximate surface area is 157 Å². The van der Waals surface area contributed by atoms with Gasteiger partial charge in [-0.25, -0.2) is 4.39 Å². The molecule has 1 heterocycles. The molecule has 27 heavy (non-hydrogen) atoms. The predicted molar refractivity (Wildman–Crippen MR) is 102 cm³/mol. The number of carbonyl (C=O) groups is 2. The minimum Gasteiger partial charge on any atom is -0.378 e. The number of ether oxygens (including phenoxy) is 1. The first-order valence-corrected chi connectivity index (χ1v) is 8.88. The van der Waals surface area contributed by atoms with Crippen LogP contribution < -0.4 is 15.5 Å². The Kier molecular flexibility index (Phi) is 6.38. The highest BCUT2D eigenvalue weighted by Crippen LogP contribution is 2.19. The maximum absolute atomic E-state index is 12.8. The number of anilines is 3. The van der Waals surface area contributed by atoms with E-state index in [1.54, 1.807) is 0 Å². The van der Waals surface area contributed by atoms with E-state index in [0.717, 1.165) is 32.0 Å². The molecule has 1 saturated heterocycles. The highest BCUT2D eigenvalue weighted by molar-refractivity contribution is 5.96. The van der Waals surface area contributed by atoms with E-state index in [-0.39, 0.29) is 30.5 Å². The van der Waals surface area contributed by atoms with Gasteiger partial charge in [-0.05, 0) is 48.5 Å². The topological polar surface area (TPSA) is 70.7 Å². The summed E-state index contributed by atoms with van der Waals surface area (Å²) in [4.78, 5) is 26.1. The zero-order valence-corrected chi connectivity index (χ0v) is 14.9. The lowest BCUT2D eigenvalue weighted by Gasteiger charge is -2.28. The molecular weight excluding hydrogens is 349 g/mol. The number of rotatable bonds is 6. The van der Waals surface area contributed by atoms with E-state index in [4.69, 9.17) is 4.74 Å². The number of benzene rings is 2. The van der Waals surface area contributed by atoms with Crippen LogP contribution in [0, 0.1) is 5.82 Å². The van der Waals surface area contributed by atoms with Crippen LogP contribution in [-0.2, 0) is 14.3 Å². The molecule has 0 aromatic heterocycles. The van der Waals surface area contributed by atoms with Gasteiger partial charge in [0.25, 0.3) is 0 Å². The van der Waals surface area contributed by atoms with E-state index >= 15 is 0 Å². The van der Waals surface area contributed by atoms with Crippen LogP contribution in [0.1, 0.15) is 12.8 Å². The first-order chi connectivity index (χ1) is 13.1. The Morgan fingerprint density at radius 2 is 1.33 bits per heavy atom. The first-order valence-electron chi connectivity index (χ1n) is 8.88. The lowest BCUT2D eigenvalue weighted by Crippen LogP contribution is -2.36. The molecule has 0 bridgehead atoms. The second-order valence-corrected chi connectivity index (χ2v) is 6.25. The summed E-state index contributed by atoms with van der Waals surface area (Å²) in [5, 5.41) is 5.42. The van der Waals surface area contributed by atoms with Crippen molar-refractivity contribution in [1.82, 2.24) is 0 Å². The zero-order valence-electron chi connectivity index (χ0n) is 14.9. The lowest BCUT2D eigenvalue weighted by molar-refractivity contribution is -0.121. The molecule has 0 atom stereocenters. The van der Waals surface area contributed by atoms with Crippen molar-refractivity contribution in [2.45, 2.75) is 12.8 Å². The average Bonchev–Trinajstić information content (AvgIpc) is 2.69. The number of amides is 2. The van der Waals surface area contributed by atoms with Gasteiger partial charge < -0.3 is 20.3 Å². The van der Waals surface area contributed by atoms with E-state index in [1.165, 1.54) is 24.3 Å². The molecule has 2 aromatic carbocycles. The van der Waals surface area contributed by atoms with Gasteiger partial charge >= 0.3 is 0 Å². The molecule has 1 fully saturated rings. The van der Waals surface area contributed by atoms with Crippen LogP contribution in [0.25, 0.3) is 0 Å². The van der Waals surface area contributed by atoms with Crippen molar-refractivity contribution in [1.29, 1.82) is 0 Å². The van der Waals surface area contributed by atoms with Gasteiger partial charge in [-0.1, -0.05) is 0 Å². The van der Waals surface area contributed by atoms with Crippen LogP contribution in [0.2, 0.25) is 0 Å². The Hall–Kier alpha value is -2.93. The Bertz CT molecular complexity index is 772. The molecule has 1 aliphatic heterocycles. The van der Waals surface area contributed by atoms with Gasteiger partial charge in [-0.2, -0.15) is 0 Å². The number of nitrogens with one attached hydrogen (secondary N) is 2. The summed E-state index contributed by atoms with van der Waals surface area (Å²) >= 11 is 0. The van der Waals surface area contributed by atoms with Crippen LogP contribution in [0.4, 0.5) is 21.5 Å². The molecule has 142 valence electrons. The monoisotopic (exact) mass is 371 g/mol. The van der Waals surface area contributed by atoms with Crippen molar-refractivity contribution in [2.24, 2.45) is 0 Å². The van der Waals surface area contributed by atoms with Crippen molar-refractivity contribution >= 4 is 28.9 Å². The number of morpholine rings is 1. The fourth-order valence-electron chi connectivity index (χ4n) is 2.78.